The first kappa shape index (κ1) is 17.0. The number of nitrogens with one attached hydrogen (secondary N) is 1. The average molecular weight is 312 g/mol. The molecule has 0 saturated heterocycles. The molecule has 0 bridgehead atoms. The lowest BCUT2D eigenvalue weighted by molar-refractivity contribution is -0.115. The maximum atomic E-state index is 12.4. The van der Waals surface area contributed by atoms with Crippen LogP contribution in [0.5, 0.6) is 0 Å². The maximum Gasteiger partial charge on any atom is 0.243 e. The van der Waals surface area contributed by atoms with Gasteiger partial charge in [-0.15, -0.1) is 0 Å². The molecule has 0 fully saturated rings. The van der Waals surface area contributed by atoms with Gasteiger partial charge in [0.2, 0.25) is 5.91 Å². The molecule has 0 atom stereocenters. The third-order valence-electron chi connectivity index (χ3n) is 3.70. The van der Waals surface area contributed by atoms with Crippen molar-refractivity contribution < 1.29 is 9.90 Å². The predicted molar refractivity (Wildman–Crippen MR) is 94.9 cm³/mol. The molecule has 4 nitrogen and oxygen atoms in total. The molecule has 0 unspecified atom stereocenters. The van der Waals surface area contributed by atoms with Crippen molar-refractivity contribution in [1.29, 1.82) is 0 Å². The minimum absolute atomic E-state index is 0.0567. The van der Waals surface area contributed by atoms with Crippen molar-refractivity contribution in [3.63, 3.8) is 0 Å². The molecule has 2 aromatic rings. The fraction of sp³-hybridized carbons (Fsp3) is 0.316. The standard InChI is InChI=1S/C19H24N2O2/c1-15-9-10-18(16(2)13-15)20-19(23)14-21(11-6-12-22)17-7-4-3-5-8-17/h3-5,7-10,13,22H,6,11-12,14H2,1-2H3,(H,20,23). The van der Waals surface area contributed by atoms with Crippen LogP contribution in [0.15, 0.2) is 48.5 Å². The predicted octanol–water partition coefficient (Wildman–Crippen LogP) is 3.13. The number of aliphatic hydroxyl groups is 1. The number of nitrogens with zero attached hydrogens (tertiary/aromatic N) is 1. The van der Waals surface area contributed by atoms with Gasteiger partial charge >= 0.3 is 0 Å². The van der Waals surface area contributed by atoms with Crippen LogP contribution in [0.2, 0.25) is 0 Å². The number of carbonyl (C=O) groups is 1. The van der Waals surface area contributed by atoms with Crippen molar-refractivity contribution in [3.8, 4) is 0 Å². The molecule has 0 aliphatic rings. The fourth-order valence-corrected chi connectivity index (χ4v) is 2.52. The Morgan fingerprint density at radius 2 is 1.87 bits per heavy atom. The van der Waals surface area contributed by atoms with E-state index in [0.29, 0.717) is 13.0 Å². The van der Waals surface area contributed by atoms with Crippen molar-refractivity contribution in [2.24, 2.45) is 0 Å². The van der Waals surface area contributed by atoms with Gasteiger partial charge in [-0.2, -0.15) is 0 Å². The quantitative estimate of drug-likeness (QED) is 0.826. The molecule has 2 N–H and O–H groups in total. The Morgan fingerprint density at radius 1 is 1.13 bits per heavy atom. The van der Waals surface area contributed by atoms with E-state index in [4.69, 9.17) is 5.11 Å². The van der Waals surface area contributed by atoms with Crippen LogP contribution in [0.3, 0.4) is 0 Å². The number of aliphatic hydroxyl groups excluding tert-OH is 1. The first-order chi connectivity index (χ1) is 11.1. The van der Waals surface area contributed by atoms with Gasteiger partial charge in [-0.05, 0) is 44.0 Å². The highest BCUT2D eigenvalue weighted by Gasteiger charge is 2.12. The highest BCUT2D eigenvalue weighted by Crippen LogP contribution is 2.17. The molecule has 0 heterocycles. The third kappa shape index (κ3) is 5.11. The van der Waals surface area contributed by atoms with Crippen molar-refractivity contribution in [1.82, 2.24) is 0 Å². The van der Waals surface area contributed by atoms with E-state index >= 15 is 0 Å². The van der Waals surface area contributed by atoms with Crippen LogP contribution in [-0.4, -0.2) is 30.7 Å². The molecular weight excluding hydrogens is 288 g/mol. The highest BCUT2D eigenvalue weighted by atomic mass is 16.3. The number of amides is 1. The van der Waals surface area contributed by atoms with E-state index in [1.54, 1.807) is 0 Å². The molecule has 122 valence electrons. The monoisotopic (exact) mass is 312 g/mol. The summed E-state index contributed by atoms with van der Waals surface area (Å²) in [5, 5.41) is 12.0. The van der Waals surface area contributed by atoms with Gasteiger partial charge in [-0.3, -0.25) is 4.79 Å². The summed E-state index contributed by atoms with van der Waals surface area (Å²) in [7, 11) is 0. The Hall–Kier alpha value is -2.33. The summed E-state index contributed by atoms with van der Waals surface area (Å²) in [6.45, 7) is 5.04. The molecule has 0 aromatic heterocycles. The molecule has 2 rings (SSSR count). The highest BCUT2D eigenvalue weighted by molar-refractivity contribution is 5.94. The first-order valence-electron chi connectivity index (χ1n) is 7.88. The molecule has 0 spiro atoms. The zero-order valence-electron chi connectivity index (χ0n) is 13.7. The van der Waals surface area contributed by atoms with Gasteiger partial charge in [0.25, 0.3) is 0 Å². The second-order valence-corrected chi connectivity index (χ2v) is 5.70. The number of benzene rings is 2. The molecule has 4 heteroatoms. The van der Waals surface area contributed by atoms with Gasteiger partial charge in [0.15, 0.2) is 0 Å². The minimum atomic E-state index is -0.0567. The van der Waals surface area contributed by atoms with E-state index in [1.165, 1.54) is 5.56 Å². The van der Waals surface area contributed by atoms with E-state index in [9.17, 15) is 4.79 Å². The summed E-state index contributed by atoms with van der Waals surface area (Å²) in [6.07, 6.45) is 0.631. The van der Waals surface area contributed by atoms with Gasteiger partial charge in [-0.25, -0.2) is 0 Å². The maximum absolute atomic E-state index is 12.4. The molecular formula is C19H24N2O2. The lowest BCUT2D eigenvalue weighted by Crippen LogP contribution is -2.34. The topological polar surface area (TPSA) is 52.6 Å². The number of carbonyl (C=O) groups excluding carboxylic acids is 1. The van der Waals surface area contributed by atoms with Crippen molar-refractivity contribution in [2.75, 3.05) is 29.9 Å². The number of hydrogen-bond donors (Lipinski definition) is 2. The largest absolute Gasteiger partial charge is 0.396 e. The molecule has 0 saturated carbocycles. The van der Waals surface area contributed by atoms with Crippen LogP contribution in [0.1, 0.15) is 17.5 Å². The molecule has 23 heavy (non-hydrogen) atoms. The first-order valence-corrected chi connectivity index (χ1v) is 7.88. The Labute approximate surface area is 137 Å². The molecule has 0 aliphatic carbocycles. The summed E-state index contributed by atoms with van der Waals surface area (Å²) < 4.78 is 0. The molecule has 0 radical (unpaired) electrons. The lowest BCUT2D eigenvalue weighted by Gasteiger charge is -2.24. The van der Waals surface area contributed by atoms with Gasteiger partial charge in [0, 0.05) is 24.5 Å². The van der Waals surface area contributed by atoms with E-state index in [0.717, 1.165) is 16.9 Å². The fourth-order valence-electron chi connectivity index (χ4n) is 2.52. The van der Waals surface area contributed by atoms with Gasteiger partial charge < -0.3 is 15.3 Å². The van der Waals surface area contributed by atoms with Crippen LogP contribution < -0.4 is 10.2 Å². The van der Waals surface area contributed by atoms with E-state index in [1.807, 2.05) is 61.2 Å². The summed E-state index contributed by atoms with van der Waals surface area (Å²) in [5.74, 6) is -0.0567. The summed E-state index contributed by atoms with van der Waals surface area (Å²) in [5.41, 5.74) is 4.06. The third-order valence-corrected chi connectivity index (χ3v) is 3.70. The van der Waals surface area contributed by atoms with E-state index in [-0.39, 0.29) is 19.1 Å². The average Bonchev–Trinajstić information content (AvgIpc) is 2.55. The minimum Gasteiger partial charge on any atom is -0.396 e. The number of anilines is 2. The smallest absolute Gasteiger partial charge is 0.243 e. The van der Waals surface area contributed by atoms with Crippen LogP contribution >= 0.6 is 0 Å². The number of rotatable bonds is 7. The molecule has 1 amide bonds. The number of hydrogen-bond acceptors (Lipinski definition) is 3. The van der Waals surface area contributed by atoms with Crippen LogP contribution in [-0.2, 0) is 4.79 Å². The summed E-state index contributed by atoms with van der Waals surface area (Å²) >= 11 is 0. The Morgan fingerprint density at radius 3 is 2.52 bits per heavy atom. The Kier molecular flexibility index (Phi) is 6.18. The Balaban J connectivity index is 2.05. The second-order valence-electron chi connectivity index (χ2n) is 5.70. The zero-order valence-corrected chi connectivity index (χ0v) is 13.7. The summed E-state index contributed by atoms with van der Waals surface area (Å²) in [6, 6.07) is 15.8. The van der Waals surface area contributed by atoms with Gasteiger partial charge in [0.1, 0.15) is 0 Å². The summed E-state index contributed by atoms with van der Waals surface area (Å²) in [4.78, 5) is 14.4. The molecule has 2 aromatic carbocycles. The second kappa shape index (κ2) is 8.34. The van der Waals surface area contributed by atoms with Crippen LogP contribution in [0.25, 0.3) is 0 Å². The molecule has 0 aliphatic heterocycles. The van der Waals surface area contributed by atoms with Crippen LogP contribution in [0.4, 0.5) is 11.4 Å². The van der Waals surface area contributed by atoms with E-state index in [2.05, 4.69) is 11.4 Å². The Bertz CT molecular complexity index is 641. The number of para-hydroxylation sites is 1. The van der Waals surface area contributed by atoms with Crippen molar-refractivity contribution >= 4 is 17.3 Å². The normalized spacial score (nSPS) is 10.4. The lowest BCUT2D eigenvalue weighted by atomic mass is 10.1. The van der Waals surface area contributed by atoms with E-state index < -0.39 is 0 Å². The van der Waals surface area contributed by atoms with Crippen molar-refractivity contribution in [3.05, 3.63) is 59.7 Å². The zero-order chi connectivity index (χ0) is 16.7. The van der Waals surface area contributed by atoms with Crippen LogP contribution in [0, 0.1) is 13.8 Å². The van der Waals surface area contributed by atoms with Gasteiger partial charge in [-0.1, -0.05) is 35.9 Å². The van der Waals surface area contributed by atoms with Gasteiger partial charge in [0.05, 0.1) is 6.54 Å². The number of aryl methyl sites for hydroxylation is 2. The SMILES string of the molecule is Cc1ccc(NC(=O)CN(CCCO)c2ccccc2)c(C)c1. The van der Waals surface area contributed by atoms with Crippen molar-refractivity contribution in [2.45, 2.75) is 20.3 Å².